The summed E-state index contributed by atoms with van der Waals surface area (Å²) in [7, 11) is 0. The third kappa shape index (κ3) is 5.35. The molecule has 4 N–H and O–H groups in total. The second-order valence-corrected chi connectivity index (χ2v) is 7.35. The third-order valence-electron chi connectivity index (χ3n) is 4.14. The van der Waals surface area contributed by atoms with Crippen LogP contribution in [0, 0.1) is 0 Å². The van der Waals surface area contributed by atoms with Crippen LogP contribution in [0.1, 0.15) is 25.5 Å². The Hall–Kier alpha value is -3.33. The normalized spacial score (nSPS) is 11.7. The summed E-state index contributed by atoms with van der Waals surface area (Å²) in [6, 6.07) is 16.2. The highest BCUT2D eigenvalue weighted by atomic mass is 32.2. The molecule has 0 aliphatic rings. The topological polar surface area (TPSA) is 115 Å². The first-order valence-corrected chi connectivity index (χ1v) is 9.98. The van der Waals surface area contributed by atoms with Crippen molar-refractivity contribution in [3.63, 3.8) is 0 Å². The van der Waals surface area contributed by atoms with Gasteiger partial charge in [0.15, 0.2) is 5.16 Å². The molecule has 1 unspecified atom stereocenters. The molecular formula is C20H22N6O2S. The summed E-state index contributed by atoms with van der Waals surface area (Å²) in [5.74, 6) is 0.478. The fraction of sp³-hybridized carbons (Fsp3) is 0.200. The molecule has 0 saturated carbocycles. The molecule has 1 heterocycles. The monoisotopic (exact) mass is 410 g/mol. The van der Waals surface area contributed by atoms with Gasteiger partial charge in [0.05, 0.1) is 0 Å². The molecule has 0 radical (unpaired) electrons. The lowest BCUT2D eigenvalue weighted by molar-refractivity contribution is -0.119. The average Bonchev–Trinajstić information content (AvgIpc) is 3.08. The van der Waals surface area contributed by atoms with E-state index in [1.54, 1.807) is 35.8 Å². The Morgan fingerprint density at radius 3 is 2.28 bits per heavy atom. The number of hydrogen-bond acceptors (Lipinski definition) is 6. The van der Waals surface area contributed by atoms with E-state index in [1.807, 2.05) is 30.3 Å². The maximum Gasteiger partial charge on any atom is 0.247 e. The van der Waals surface area contributed by atoms with E-state index in [0.717, 1.165) is 5.56 Å². The fourth-order valence-electron chi connectivity index (χ4n) is 2.68. The van der Waals surface area contributed by atoms with Gasteiger partial charge in [-0.1, -0.05) is 42.1 Å². The summed E-state index contributed by atoms with van der Waals surface area (Å²) < 4.78 is 1.62. The third-order valence-corrected chi connectivity index (χ3v) is 5.16. The molecule has 1 aromatic heterocycles. The molecule has 0 fully saturated rings. The average molecular weight is 411 g/mol. The van der Waals surface area contributed by atoms with Gasteiger partial charge in [-0.2, -0.15) is 0 Å². The number of thioether (sulfide) groups is 1. The number of amides is 2. The summed E-state index contributed by atoms with van der Waals surface area (Å²) in [5, 5.41) is 14.1. The molecule has 1 atom stereocenters. The minimum Gasteiger partial charge on any atom is -0.368 e. The Labute approximate surface area is 172 Å². The molecule has 2 amide bonds. The Bertz CT molecular complexity index is 988. The van der Waals surface area contributed by atoms with Crippen LogP contribution in [0.4, 0.5) is 17.3 Å². The summed E-state index contributed by atoms with van der Waals surface area (Å²) in [6.07, 6.45) is 0. The maximum atomic E-state index is 12.7. The van der Waals surface area contributed by atoms with E-state index in [-0.39, 0.29) is 17.8 Å². The number of nitrogens with zero attached hydrogens (tertiary/aromatic N) is 3. The predicted molar refractivity (Wildman–Crippen MR) is 115 cm³/mol. The first-order valence-electron chi connectivity index (χ1n) is 8.99. The predicted octanol–water partition coefficient (Wildman–Crippen LogP) is 3.31. The van der Waals surface area contributed by atoms with Gasteiger partial charge in [-0.3, -0.25) is 14.2 Å². The van der Waals surface area contributed by atoms with Crippen molar-refractivity contribution in [2.45, 2.75) is 30.8 Å². The summed E-state index contributed by atoms with van der Waals surface area (Å²) in [6.45, 7) is 3.18. The SMILES string of the molecule is CC(=O)Nc1ccc(NC(=O)C(C)n2c(N)nnc2SCc2ccccc2)cc1. The van der Waals surface area contributed by atoms with Gasteiger partial charge in [-0.05, 0) is 36.8 Å². The van der Waals surface area contributed by atoms with Crippen LogP contribution >= 0.6 is 11.8 Å². The molecule has 3 rings (SSSR count). The molecule has 0 spiro atoms. The van der Waals surface area contributed by atoms with Crippen molar-refractivity contribution in [2.24, 2.45) is 0 Å². The van der Waals surface area contributed by atoms with Gasteiger partial charge in [0.1, 0.15) is 6.04 Å². The molecule has 2 aromatic carbocycles. The number of aromatic nitrogens is 3. The van der Waals surface area contributed by atoms with E-state index >= 15 is 0 Å². The molecule has 3 aromatic rings. The fourth-order valence-corrected chi connectivity index (χ4v) is 3.65. The van der Waals surface area contributed by atoms with E-state index in [9.17, 15) is 9.59 Å². The number of carbonyl (C=O) groups excluding carboxylic acids is 2. The second-order valence-electron chi connectivity index (χ2n) is 6.41. The van der Waals surface area contributed by atoms with E-state index in [2.05, 4.69) is 20.8 Å². The van der Waals surface area contributed by atoms with Gasteiger partial charge < -0.3 is 16.4 Å². The Morgan fingerprint density at radius 1 is 1.03 bits per heavy atom. The van der Waals surface area contributed by atoms with Gasteiger partial charge in [0.25, 0.3) is 0 Å². The van der Waals surface area contributed by atoms with Crippen molar-refractivity contribution < 1.29 is 9.59 Å². The molecular weight excluding hydrogens is 388 g/mol. The van der Waals surface area contributed by atoms with Crippen molar-refractivity contribution >= 4 is 40.9 Å². The number of anilines is 3. The standard InChI is InChI=1S/C20H22N6O2S/c1-13(18(28)23-17-10-8-16(9-11-17)22-14(2)27)26-19(21)24-25-20(26)29-12-15-6-4-3-5-7-15/h3-11,13H,12H2,1-2H3,(H2,21,24)(H,22,27)(H,23,28). The second kappa shape index (κ2) is 9.24. The van der Waals surface area contributed by atoms with Crippen LogP contribution in [-0.2, 0) is 15.3 Å². The zero-order chi connectivity index (χ0) is 20.8. The number of benzene rings is 2. The lowest BCUT2D eigenvalue weighted by Crippen LogP contribution is -2.25. The van der Waals surface area contributed by atoms with Gasteiger partial charge in [0, 0.05) is 24.1 Å². The molecule has 150 valence electrons. The van der Waals surface area contributed by atoms with Crippen molar-refractivity contribution in [2.75, 3.05) is 16.4 Å². The Kier molecular flexibility index (Phi) is 6.50. The van der Waals surface area contributed by atoms with Crippen LogP contribution in [0.3, 0.4) is 0 Å². The molecule has 0 saturated heterocycles. The maximum absolute atomic E-state index is 12.7. The van der Waals surface area contributed by atoms with E-state index < -0.39 is 6.04 Å². The number of rotatable bonds is 7. The highest BCUT2D eigenvalue weighted by Gasteiger charge is 2.22. The van der Waals surface area contributed by atoms with E-state index in [1.165, 1.54) is 18.7 Å². The number of nitrogen functional groups attached to an aromatic ring is 1. The van der Waals surface area contributed by atoms with Crippen molar-refractivity contribution in [1.29, 1.82) is 0 Å². The quantitative estimate of drug-likeness (QED) is 0.515. The summed E-state index contributed by atoms with van der Waals surface area (Å²) in [5.41, 5.74) is 8.38. The Morgan fingerprint density at radius 2 is 1.66 bits per heavy atom. The highest BCUT2D eigenvalue weighted by molar-refractivity contribution is 7.98. The first kappa shape index (κ1) is 20.4. The lowest BCUT2D eigenvalue weighted by atomic mass is 10.2. The zero-order valence-corrected chi connectivity index (χ0v) is 16.9. The first-order chi connectivity index (χ1) is 13.9. The van der Waals surface area contributed by atoms with Crippen LogP contribution in [0.15, 0.2) is 59.8 Å². The number of carbonyl (C=O) groups is 2. The molecule has 8 nitrogen and oxygen atoms in total. The molecule has 9 heteroatoms. The zero-order valence-electron chi connectivity index (χ0n) is 16.1. The molecule has 0 aliphatic carbocycles. The lowest BCUT2D eigenvalue weighted by Gasteiger charge is -2.16. The smallest absolute Gasteiger partial charge is 0.247 e. The number of hydrogen-bond donors (Lipinski definition) is 3. The van der Waals surface area contributed by atoms with Crippen LogP contribution < -0.4 is 16.4 Å². The highest BCUT2D eigenvalue weighted by Crippen LogP contribution is 2.26. The van der Waals surface area contributed by atoms with Crippen LogP contribution in [0.5, 0.6) is 0 Å². The summed E-state index contributed by atoms with van der Waals surface area (Å²) in [4.78, 5) is 23.8. The van der Waals surface area contributed by atoms with Gasteiger partial charge in [0.2, 0.25) is 17.8 Å². The van der Waals surface area contributed by atoms with Gasteiger partial charge in [-0.25, -0.2) is 0 Å². The minimum absolute atomic E-state index is 0.154. The van der Waals surface area contributed by atoms with E-state index in [0.29, 0.717) is 22.3 Å². The van der Waals surface area contributed by atoms with Crippen molar-refractivity contribution in [1.82, 2.24) is 14.8 Å². The largest absolute Gasteiger partial charge is 0.368 e. The molecule has 0 aliphatic heterocycles. The van der Waals surface area contributed by atoms with Gasteiger partial charge in [-0.15, -0.1) is 10.2 Å². The van der Waals surface area contributed by atoms with Crippen LogP contribution in [-0.4, -0.2) is 26.6 Å². The van der Waals surface area contributed by atoms with Crippen LogP contribution in [0.25, 0.3) is 0 Å². The van der Waals surface area contributed by atoms with Crippen molar-refractivity contribution in [3.8, 4) is 0 Å². The van der Waals surface area contributed by atoms with Crippen LogP contribution in [0.2, 0.25) is 0 Å². The minimum atomic E-state index is -0.599. The van der Waals surface area contributed by atoms with Gasteiger partial charge >= 0.3 is 0 Å². The van der Waals surface area contributed by atoms with Crippen molar-refractivity contribution in [3.05, 3.63) is 60.2 Å². The Balaban J connectivity index is 1.67. The van der Waals surface area contributed by atoms with E-state index in [4.69, 9.17) is 5.73 Å². The molecule has 29 heavy (non-hydrogen) atoms. The molecule has 0 bridgehead atoms. The number of nitrogens with one attached hydrogen (secondary N) is 2. The summed E-state index contributed by atoms with van der Waals surface area (Å²) >= 11 is 1.47. The number of nitrogens with two attached hydrogens (primary N) is 1.